The van der Waals surface area contributed by atoms with E-state index < -0.39 is 40.9 Å². The molecule has 132 valence electrons. The van der Waals surface area contributed by atoms with Crippen molar-refractivity contribution in [2.75, 3.05) is 0 Å². The number of carboxylic acids is 1. The molecule has 5 nitrogen and oxygen atoms in total. The summed E-state index contributed by atoms with van der Waals surface area (Å²) < 4.78 is 42.8. The number of carbonyl (C=O) groups excluding carboxylic acids is 1. The maximum absolute atomic E-state index is 12.6. The van der Waals surface area contributed by atoms with Crippen LogP contribution in [0.1, 0.15) is 44.2 Å². The maximum atomic E-state index is 12.6. The number of nitrogens with one attached hydrogen (secondary N) is 1. The molecule has 1 aliphatic carbocycles. The molecule has 0 radical (unpaired) electrons. The van der Waals surface area contributed by atoms with E-state index in [0.29, 0.717) is 5.56 Å². The first-order chi connectivity index (χ1) is 10.8. The Morgan fingerprint density at radius 1 is 1.21 bits per heavy atom. The minimum absolute atomic E-state index is 0.0902. The third-order valence-corrected chi connectivity index (χ3v) is 3.71. The molecule has 0 aliphatic heterocycles. The fraction of sp³-hybridized carbons (Fsp3) is 0.500. The second-order valence-electron chi connectivity index (χ2n) is 6.78. The average molecular weight is 345 g/mol. The van der Waals surface area contributed by atoms with Crippen molar-refractivity contribution in [1.29, 1.82) is 0 Å². The first-order valence-corrected chi connectivity index (χ1v) is 7.27. The molecule has 0 spiro atoms. The van der Waals surface area contributed by atoms with E-state index in [9.17, 15) is 27.9 Å². The van der Waals surface area contributed by atoms with Crippen LogP contribution in [0.15, 0.2) is 24.3 Å². The highest BCUT2D eigenvalue weighted by molar-refractivity contribution is 5.90. The average Bonchev–Trinajstić information content (AvgIpc) is 3.11. The predicted molar refractivity (Wildman–Crippen MR) is 78.5 cm³/mol. The van der Waals surface area contributed by atoms with Crippen molar-refractivity contribution in [2.45, 2.75) is 50.4 Å². The van der Waals surface area contributed by atoms with Gasteiger partial charge in [-0.2, -0.15) is 13.2 Å². The fourth-order valence-electron chi connectivity index (χ4n) is 2.48. The number of benzene rings is 1. The summed E-state index contributed by atoms with van der Waals surface area (Å²) in [6.07, 6.45) is -5.24. The first kappa shape index (κ1) is 18.1. The van der Waals surface area contributed by atoms with Crippen LogP contribution in [-0.2, 0) is 15.7 Å². The molecule has 0 heterocycles. The van der Waals surface area contributed by atoms with E-state index in [4.69, 9.17) is 4.74 Å². The van der Waals surface area contributed by atoms with Gasteiger partial charge in [0.2, 0.25) is 0 Å². The Kier molecular flexibility index (Phi) is 4.28. The highest BCUT2D eigenvalue weighted by Gasteiger charge is 2.62. The van der Waals surface area contributed by atoms with Gasteiger partial charge in [0.25, 0.3) is 0 Å². The van der Waals surface area contributed by atoms with Crippen molar-refractivity contribution in [1.82, 2.24) is 5.32 Å². The number of amides is 1. The number of alkyl carbamates (subject to hydrolysis) is 1. The Labute approximate surface area is 136 Å². The number of halogens is 3. The molecule has 1 saturated carbocycles. The van der Waals surface area contributed by atoms with Gasteiger partial charge in [-0.15, -0.1) is 0 Å². The molecule has 1 aromatic rings. The number of carboxylic acid groups (broad SMARTS) is 1. The van der Waals surface area contributed by atoms with Crippen LogP contribution in [-0.4, -0.2) is 28.3 Å². The lowest BCUT2D eigenvalue weighted by Gasteiger charge is -2.22. The highest BCUT2D eigenvalue weighted by atomic mass is 19.4. The Balaban J connectivity index is 2.15. The zero-order valence-electron chi connectivity index (χ0n) is 13.4. The zero-order chi connectivity index (χ0) is 18.3. The highest BCUT2D eigenvalue weighted by Crippen LogP contribution is 2.52. The molecule has 2 atom stereocenters. The molecule has 0 bridgehead atoms. The van der Waals surface area contributed by atoms with Crippen LogP contribution < -0.4 is 5.32 Å². The van der Waals surface area contributed by atoms with Gasteiger partial charge in [0, 0.05) is 5.92 Å². The van der Waals surface area contributed by atoms with E-state index in [2.05, 4.69) is 5.32 Å². The molecular weight excluding hydrogens is 327 g/mol. The molecular formula is C16H18F3NO4. The number of carbonyl (C=O) groups is 2. The van der Waals surface area contributed by atoms with E-state index in [-0.39, 0.29) is 6.42 Å². The first-order valence-electron chi connectivity index (χ1n) is 7.27. The number of hydrogen-bond acceptors (Lipinski definition) is 3. The Bertz CT molecular complexity index is 649. The van der Waals surface area contributed by atoms with Gasteiger partial charge in [0.15, 0.2) is 0 Å². The van der Waals surface area contributed by atoms with Crippen molar-refractivity contribution in [3.05, 3.63) is 35.4 Å². The van der Waals surface area contributed by atoms with E-state index >= 15 is 0 Å². The number of aliphatic carboxylic acids is 1. The molecule has 1 aromatic carbocycles. The van der Waals surface area contributed by atoms with Gasteiger partial charge in [-0.3, -0.25) is 0 Å². The van der Waals surface area contributed by atoms with Crippen LogP contribution in [0.4, 0.5) is 18.0 Å². The van der Waals surface area contributed by atoms with Gasteiger partial charge in [0.1, 0.15) is 11.1 Å². The van der Waals surface area contributed by atoms with Crippen LogP contribution in [0.5, 0.6) is 0 Å². The van der Waals surface area contributed by atoms with Gasteiger partial charge in [-0.25, -0.2) is 9.59 Å². The van der Waals surface area contributed by atoms with Crippen molar-refractivity contribution in [3.8, 4) is 0 Å². The lowest BCUT2D eigenvalue weighted by atomic mass is 10.0. The van der Waals surface area contributed by atoms with Gasteiger partial charge >= 0.3 is 18.2 Å². The Hall–Kier alpha value is -2.25. The van der Waals surface area contributed by atoms with E-state index in [0.717, 1.165) is 12.1 Å². The minimum Gasteiger partial charge on any atom is -0.479 e. The smallest absolute Gasteiger partial charge is 0.416 e. The second-order valence-corrected chi connectivity index (χ2v) is 6.78. The zero-order valence-corrected chi connectivity index (χ0v) is 13.4. The summed E-state index contributed by atoms with van der Waals surface area (Å²) in [5.41, 5.74) is -2.74. The van der Waals surface area contributed by atoms with E-state index in [1.807, 2.05) is 0 Å². The van der Waals surface area contributed by atoms with E-state index in [1.165, 1.54) is 12.1 Å². The quantitative estimate of drug-likeness (QED) is 0.879. The predicted octanol–water partition coefficient (Wildman–Crippen LogP) is 3.54. The molecule has 2 N–H and O–H groups in total. The molecule has 24 heavy (non-hydrogen) atoms. The molecule has 0 saturated heterocycles. The van der Waals surface area contributed by atoms with Gasteiger partial charge in [0.05, 0.1) is 5.56 Å². The van der Waals surface area contributed by atoms with Gasteiger partial charge < -0.3 is 15.2 Å². The number of rotatable bonds is 3. The molecule has 0 aromatic heterocycles. The molecule has 8 heteroatoms. The third kappa shape index (κ3) is 3.80. The van der Waals surface area contributed by atoms with Crippen LogP contribution in [0.3, 0.4) is 0 Å². The van der Waals surface area contributed by atoms with E-state index in [1.54, 1.807) is 20.8 Å². The normalized spacial score (nSPS) is 23.5. The second kappa shape index (κ2) is 5.68. The van der Waals surface area contributed by atoms with Crippen LogP contribution in [0.25, 0.3) is 0 Å². The summed E-state index contributed by atoms with van der Waals surface area (Å²) >= 11 is 0. The lowest BCUT2D eigenvalue weighted by molar-refractivity contribution is -0.141. The molecule has 2 rings (SSSR count). The molecule has 0 unspecified atom stereocenters. The largest absolute Gasteiger partial charge is 0.479 e. The lowest BCUT2D eigenvalue weighted by Crippen LogP contribution is -2.46. The van der Waals surface area contributed by atoms with Crippen molar-refractivity contribution in [3.63, 3.8) is 0 Å². The fourth-order valence-corrected chi connectivity index (χ4v) is 2.48. The van der Waals surface area contributed by atoms with Gasteiger partial charge in [-0.05, 0) is 44.9 Å². The third-order valence-electron chi connectivity index (χ3n) is 3.71. The summed E-state index contributed by atoms with van der Waals surface area (Å²) in [5.74, 6) is -1.86. The number of alkyl halides is 3. The summed E-state index contributed by atoms with van der Waals surface area (Å²) in [5, 5.41) is 11.8. The van der Waals surface area contributed by atoms with Gasteiger partial charge in [-0.1, -0.05) is 12.1 Å². The van der Waals surface area contributed by atoms with Crippen molar-refractivity contribution >= 4 is 12.1 Å². The number of hydrogen-bond donors (Lipinski definition) is 2. The maximum Gasteiger partial charge on any atom is 0.416 e. The van der Waals surface area contributed by atoms with Crippen LogP contribution in [0, 0.1) is 0 Å². The van der Waals surface area contributed by atoms with Crippen LogP contribution in [0.2, 0.25) is 0 Å². The molecule has 1 aliphatic rings. The minimum atomic E-state index is -4.46. The summed E-state index contributed by atoms with van der Waals surface area (Å²) in [6.45, 7) is 4.92. The summed E-state index contributed by atoms with van der Waals surface area (Å²) in [4.78, 5) is 23.4. The number of ether oxygens (including phenoxy) is 1. The Morgan fingerprint density at radius 2 is 1.75 bits per heavy atom. The van der Waals surface area contributed by atoms with Crippen molar-refractivity contribution < 1.29 is 32.6 Å². The van der Waals surface area contributed by atoms with Crippen molar-refractivity contribution in [2.24, 2.45) is 0 Å². The summed E-state index contributed by atoms with van der Waals surface area (Å²) in [6, 6.07) is 4.26. The molecule has 1 amide bonds. The topological polar surface area (TPSA) is 75.6 Å². The Morgan fingerprint density at radius 3 is 2.17 bits per heavy atom. The summed E-state index contributed by atoms with van der Waals surface area (Å²) in [7, 11) is 0. The SMILES string of the molecule is CC(C)(C)OC(=O)N[C@@]1(C(=O)O)C[C@@H]1c1ccc(C(F)(F)F)cc1. The molecule has 1 fully saturated rings. The standard InChI is InChI=1S/C16H18F3NO4/c1-14(2,3)24-13(23)20-15(12(21)22)8-11(15)9-4-6-10(7-5-9)16(17,18)19/h4-7,11H,8H2,1-3H3,(H,20,23)(H,21,22)/t11-,15+/m1/s1. The monoisotopic (exact) mass is 345 g/mol. The van der Waals surface area contributed by atoms with Crippen LogP contribution >= 0.6 is 0 Å².